The van der Waals surface area contributed by atoms with Crippen molar-refractivity contribution in [3.05, 3.63) is 35.6 Å². The molecule has 0 aliphatic heterocycles. The van der Waals surface area contributed by atoms with Crippen LogP contribution in [0.15, 0.2) is 35.7 Å². The molecule has 0 bridgehead atoms. The minimum absolute atomic E-state index is 0.0341. The highest BCUT2D eigenvalue weighted by atomic mass is 35.5. The number of amides is 1. The van der Waals surface area contributed by atoms with Crippen LogP contribution in [0.3, 0.4) is 0 Å². The van der Waals surface area contributed by atoms with E-state index in [1.54, 1.807) is 17.0 Å². The Balaban J connectivity index is 2.06. The van der Waals surface area contributed by atoms with Crippen molar-refractivity contribution in [2.24, 2.45) is 0 Å². The van der Waals surface area contributed by atoms with Crippen LogP contribution in [0.2, 0.25) is 5.02 Å². The van der Waals surface area contributed by atoms with Crippen LogP contribution in [-0.2, 0) is 4.79 Å². The molecule has 0 unspecified atom stereocenters. The topological polar surface area (TPSA) is 59.8 Å². The van der Waals surface area contributed by atoms with Gasteiger partial charge < -0.3 is 5.32 Å². The van der Waals surface area contributed by atoms with E-state index in [9.17, 15) is 4.79 Å². The molecule has 7 heteroatoms. The van der Waals surface area contributed by atoms with E-state index in [0.29, 0.717) is 10.2 Å². The number of carbonyl (C=O) groups is 1. The first-order chi connectivity index (χ1) is 9.85. The highest BCUT2D eigenvalue weighted by Gasteiger charge is 2.15. The van der Waals surface area contributed by atoms with Crippen molar-refractivity contribution in [1.29, 1.82) is 0 Å². The molecule has 1 heterocycles. The average molecular weight is 325 g/mol. The van der Waals surface area contributed by atoms with Crippen molar-refractivity contribution in [3.63, 3.8) is 0 Å². The largest absolute Gasteiger partial charge is 0.351 e. The van der Waals surface area contributed by atoms with Crippen LogP contribution < -0.4 is 5.32 Å². The molecule has 1 aromatic carbocycles. The van der Waals surface area contributed by atoms with Crippen LogP contribution >= 0.6 is 23.4 Å². The Bertz CT molecular complexity index is 636. The van der Waals surface area contributed by atoms with E-state index in [1.165, 1.54) is 11.8 Å². The second-order valence-corrected chi connectivity index (χ2v) is 6.93. The van der Waals surface area contributed by atoms with E-state index < -0.39 is 0 Å². The molecule has 21 heavy (non-hydrogen) atoms. The van der Waals surface area contributed by atoms with Gasteiger partial charge in [-0.15, -0.1) is 10.2 Å². The lowest BCUT2D eigenvalue weighted by Gasteiger charge is -2.20. The molecular weight excluding hydrogens is 308 g/mol. The second kappa shape index (κ2) is 6.49. The maximum Gasteiger partial charge on any atom is 0.230 e. The third kappa shape index (κ3) is 4.75. The van der Waals surface area contributed by atoms with Gasteiger partial charge in [0.1, 0.15) is 6.33 Å². The molecule has 0 saturated heterocycles. The van der Waals surface area contributed by atoms with E-state index in [2.05, 4.69) is 15.5 Å². The molecule has 0 spiro atoms. The van der Waals surface area contributed by atoms with Crippen LogP contribution in [0.1, 0.15) is 20.8 Å². The molecule has 2 aromatic rings. The first kappa shape index (κ1) is 15.9. The highest BCUT2D eigenvalue weighted by molar-refractivity contribution is 7.99. The number of aromatic nitrogens is 3. The summed E-state index contributed by atoms with van der Waals surface area (Å²) in [4.78, 5) is 11.8. The van der Waals surface area contributed by atoms with Gasteiger partial charge in [-0.3, -0.25) is 9.36 Å². The smallest absolute Gasteiger partial charge is 0.230 e. The summed E-state index contributed by atoms with van der Waals surface area (Å²) < 4.78 is 1.81. The van der Waals surface area contributed by atoms with Crippen LogP contribution in [0.25, 0.3) is 5.69 Å². The second-order valence-electron chi connectivity index (χ2n) is 5.55. The summed E-state index contributed by atoms with van der Waals surface area (Å²) >= 11 is 7.33. The normalized spacial score (nSPS) is 11.4. The zero-order chi connectivity index (χ0) is 15.5. The van der Waals surface area contributed by atoms with Gasteiger partial charge in [-0.05, 0) is 39.0 Å². The predicted molar refractivity (Wildman–Crippen MR) is 85.0 cm³/mol. The highest BCUT2D eigenvalue weighted by Crippen LogP contribution is 2.21. The van der Waals surface area contributed by atoms with Crippen molar-refractivity contribution in [2.45, 2.75) is 31.5 Å². The maximum atomic E-state index is 11.8. The van der Waals surface area contributed by atoms with Crippen LogP contribution in [0.5, 0.6) is 0 Å². The molecule has 0 atom stereocenters. The zero-order valence-corrected chi connectivity index (χ0v) is 13.7. The van der Waals surface area contributed by atoms with Crippen molar-refractivity contribution in [2.75, 3.05) is 5.75 Å². The lowest BCUT2D eigenvalue weighted by molar-refractivity contribution is -0.119. The van der Waals surface area contributed by atoms with Crippen LogP contribution in [0.4, 0.5) is 0 Å². The lowest BCUT2D eigenvalue weighted by Crippen LogP contribution is -2.41. The first-order valence-corrected chi connectivity index (χ1v) is 7.81. The molecule has 0 radical (unpaired) electrons. The summed E-state index contributed by atoms with van der Waals surface area (Å²) in [5.41, 5.74) is 0.629. The summed E-state index contributed by atoms with van der Waals surface area (Å²) in [6.07, 6.45) is 1.61. The Hall–Kier alpha value is -1.53. The van der Waals surface area contributed by atoms with E-state index >= 15 is 0 Å². The van der Waals surface area contributed by atoms with Gasteiger partial charge in [0.2, 0.25) is 5.91 Å². The molecule has 0 saturated carbocycles. The molecule has 1 amide bonds. The van der Waals surface area contributed by atoms with E-state index in [0.717, 1.165) is 5.69 Å². The molecule has 0 aliphatic rings. The number of benzene rings is 1. The Morgan fingerprint density at radius 3 is 2.86 bits per heavy atom. The van der Waals surface area contributed by atoms with Gasteiger partial charge >= 0.3 is 0 Å². The third-order valence-electron chi connectivity index (χ3n) is 2.45. The van der Waals surface area contributed by atoms with E-state index in [4.69, 9.17) is 11.6 Å². The Labute approximate surface area is 133 Å². The number of hydrogen-bond donors (Lipinski definition) is 1. The summed E-state index contributed by atoms with van der Waals surface area (Å²) in [6.45, 7) is 5.85. The van der Waals surface area contributed by atoms with Gasteiger partial charge in [0.25, 0.3) is 0 Å². The standard InChI is InChI=1S/C14H17ClN4OS/c1-14(2,3)17-12(20)8-21-13-18-16-9-19(13)11-6-4-5-10(15)7-11/h4-7,9H,8H2,1-3H3,(H,17,20). The molecule has 112 valence electrons. The number of hydrogen-bond acceptors (Lipinski definition) is 4. The molecule has 2 rings (SSSR count). The SMILES string of the molecule is CC(C)(C)NC(=O)CSc1nncn1-c1cccc(Cl)c1. The van der Waals surface area contributed by atoms with Gasteiger partial charge in [-0.1, -0.05) is 29.4 Å². The minimum Gasteiger partial charge on any atom is -0.351 e. The van der Waals surface area contributed by atoms with Crippen molar-refractivity contribution in [1.82, 2.24) is 20.1 Å². The van der Waals surface area contributed by atoms with E-state index in [-0.39, 0.29) is 17.2 Å². The fourth-order valence-corrected chi connectivity index (χ4v) is 2.62. The van der Waals surface area contributed by atoms with Gasteiger partial charge in [0, 0.05) is 10.6 Å². The van der Waals surface area contributed by atoms with Gasteiger partial charge in [-0.2, -0.15) is 0 Å². The number of carbonyl (C=O) groups excluding carboxylic acids is 1. The average Bonchev–Trinajstić information content (AvgIpc) is 2.82. The van der Waals surface area contributed by atoms with E-state index in [1.807, 2.05) is 39.0 Å². The quantitative estimate of drug-likeness (QED) is 0.878. The lowest BCUT2D eigenvalue weighted by atomic mass is 10.1. The molecular formula is C14H17ClN4OS. The van der Waals surface area contributed by atoms with Gasteiger partial charge in [0.05, 0.1) is 11.4 Å². The van der Waals surface area contributed by atoms with Crippen LogP contribution in [-0.4, -0.2) is 32.0 Å². The van der Waals surface area contributed by atoms with Crippen molar-refractivity contribution < 1.29 is 4.79 Å². The monoisotopic (exact) mass is 324 g/mol. The third-order valence-corrected chi connectivity index (χ3v) is 3.63. The number of thioether (sulfide) groups is 1. The summed E-state index contributed by atoms with van der Waals surface area (Å²) in [5.74, 6) is 0.254. The number of nitrogens with zero attached hydrogens (tertiary/aromatic N) is 3. The Kier molecular flexibility index (Phi) is 4.90. The summed E-state index contributed by atoms with van der Waals surface area (Å²) in [6, 6.07) is 7.40. The maximum absolute atomic E-state index is 11.8. The molecule has 5 nitrogen and oxygen atoms in total. The molecule has 0 fully saturated rings. The Morgan fingerprint density at radius 2 is 2.19 bits per heavy atom. The van der Waals surface area contributed by atoms with Crippen molar-refractivity contribution in [3.8, 4) is 5.69 Å². The number of halogens is 1. The number of nitrogens with one attached hydrogen (secondary N) is 1. The zero-order valence-electron chi connectivity index (χ0n) is 12.1. The van der Waals surface area contributed by atoms with Gasteiger partial charge in [-0.25, -0.2) is 0 Å². The molecule has 1 aromatic heterocycles. The molecule has 1 N–H and O–H groups in total. The Morgan fingerprint density at radius 1 is 1.43 bits per heavy atom. The van der Waals surface area contributed by atoms with Crippen molar-refractivity contribution >= 4 is 29.3 Å². The minimum atomic E-state index is -0.238. The summed E-state index contributed by atoms with van der Waals surface area (Å²) in [5, 5.41) is 12.1. The summed E-state index contributed by atoms with van der Waals surface area (Å²) in [7, 11) is 0. The fourth-order valence-electron chi connectivity index (χ4n) is 1.71. The number of rotatable bonds is 4. The predicted octanol–water partition coefficient (Wildman–Crippen LogP) is 2.93. The fraction of sp³-hybridized carbons (Fsp3) is 0.357. The van der Waals surface area contributed by atoms with Gasteiger partial charge in [0.15, 0.2) is 5.16 Å². The molecule has 0 aliphatic carbocycles. The first-order valence-electron chi connectivity index (χ1n) is 6.45. The van der Waals surface area contributed by atoms with Crippen LogP contribution in [0, 0.1) is 0 Å².